The highest BCUT2D eigenvalue weighted by molar-refractivity contribution is 5.61. The molecule has 0 fully saturated rings. The average molecular weight is 230 g/mol. The molecule has 2 aromatic rings. The molecule has 0 radical (unpaired) electrons. The van der Waals surface area contributed by atoms with E-state index in [2.05, 4.69) is 17.2 Å². The molecule has 4 heteroatoms. The van der Waals surface area contributed by atoms with Crippen molar-refractivity contribution in [3.8, 4) is 11.3 Å². The number of nitrogens with zero attached hydrogens (tertiary/aromatic N) is 3. The van der Waals surface area contributed by atoms with E-state index in [1.165, 1.54) is 12.8 Å². The number of nitrogen functional groups attached to an aromatic ring is 1. The van der Waals surface area contributed by atoms with Crippen molar-refractivity contribution in [1.29, 1.82) is 0 Å². The monoisotopic (exact) mass is 230 g/mol. The van der Waals surface area contributed by atoms with Crippen LogP contribution in [-0.4, -0.2) is 15.0 Å². The van der Waals surface area contributed by atoms with Gasteiger partial charge in [0.25, 0.3) is 0 Å². The number of aromatic nitrogens is 3. The van der Waals surface area contributed by atoms with Crippen molar-refractivity contribution in [2.45, 2.75) is 32.7 Å². The summed E-state index contributed by atoms with van der Waals surface area (Å²) in [6, 6.07) is 7.81. The minimum Gasteiger partial charge on any atom is -0.399 e. The zero-order chi connectivity index (χ0) is 12.1. The number of benzene rings is 1. The van der Waals surface area contributed by atoms with Crippen LogP contribution in [0.1, 0.15) is 26.2 Å². The molecule has 2 N–H and O–H groups in total. The van der Waals surface area contributed by atoms with E-state index < -0.39 is 0 Å². The Bertz CT molecular complexity index is 459. The van der Waals surface area contributed by atoms with Crippen LogP contribution in [0.25, 0.3) is 11.3 Å². The van der Waals surface area contributed by atoms with Gasteiger partial charge < -0.3 is 5.73 Å². The minimum atomic E-state index is 0.777. The molecule has 0 bridgehead atoms. The summed E-state index contributed by atoms with van der Waals surface area (Å²) in [5.74, 6) is 0. The first-order valence-electron chi connectivity index (χ1n) is 6.05. The van der Waals surface area contributed by atoms with Crippen LogP contribution in [0.3, 0.4) is 0 Å². The lowest BCUT2D eigenvalue weighted by Gasteiger charge is -2.06. The molecule has 0 atom stereocenters. The van der Waals surface area contributed by atoms with Crippen LogP contribution in [0.5, 0.6) is 0 Å². The normalized spacial score (nSPS) is 10.6. The molecule has 1 aromatic carbocycles. The average Bonchev–Trinajstić information content (AvgIpc) is 2.79. The summed E-state index contributed by atoms with van der Waals surface area (Å²) in [4.78, 5) is 0. The summed E-state index contributed by atoms with van der Waals surface area (Å²) in [5.41, 5.74) is 8.62. The largest absolute Gasteiger partial charge is 0.399 e. The maximum Gasteiger partial charge on any atom is 0.0885 e. The number of hydrogen-bond donors (Lipinski definition) is 1. The maximum atomic E-state index is 5.68. The van der Waals surface area contributed by atoms with E-state index in [1.807, 2.05) is 28.9 Å². The number of hydrogen-bond acceptors (Lipinski definition) is 3. The highest BCUT2D eigenvalue weighted by Crippen LogP contribution is 2.19. The van der Waals surface area contributed by atoms with E-state index in [0.717, 1.165) is 29.9 Å². The third-order valence-corrected chi connectivity index (χ3v) is 2.80. The fourth-order valence-corrected chi connectivity index (χ4v) is 1.81. The van der Waals surface area contributed by atoms with Gasteiger partial charge >= 0.3 is 0 Å². The van der Waals surface area contributed by atoms with Crippen molar-refractivity contribution in [1.82, 2.24) is 15.0 Å². The summed E-state index contributed by atoms with van der Waals surface area (Å²) >= 11 is 0. The number of rotatable bonds is 5. The predicted molar refractivity (Wildman–Crippen MR) is 69.4 cm³/mol. The number of anilines is 1. The molecule has 0 aliphatic carbocycles. The SMILES string of the molecule is CCCCCn1nncc1-c1ccc(N)cc1. The van der Waals surface area contributed by atoms with Crippen LogP contribution in [0, 0.1) is 0 Å². The zero-order valence-electron chi connectivity index (χ0n) is 10.1. The van der Waals surface area contributed by atoms with Crippen LogP contribution < -0.4 is 5.73 Å². The van der Waals surface area contributed by atoms with E-state index in [0.29, 0.717) is 0 Å². The van der Waals surface area contributed by atoms with E-state index in [4.69, 9.17) is 5.73 Å². The summed E-state index contributed by atoms with van der Waals surface area (Å²) in [6.07, 6.45) is 5.38. The van der Waals surface area contributed by atoms with Gasteiger partial charge in [0.2, 0.25) is 0 Å². The van der Waals surface area contributed by atoms with Gasteiger partial charge in [0, 0.05) is 17.8 Å². The van der Waals surface area contributed by atoms with Crippen LogP contribution in [-0.2, 0) is 6.54 Å². The standard InChI is InChI=1S/C13H18N4/c1-2-3-4-9-17-13(10-15-16-17)11-5-7-12(14)8-6-11/h5-8,10H,2-4,9,14H2,1H3. The second kappa shape index (κ2) is 5.48. The van der Waals surface area contributed by atoms with Crippen molar-refractivity contribution in [3.05, 3.63) is 30.5 Å². The van der Waals surface area contributed by atoms with Crippen LogP contribution in [0.4, 0.5) is 5.69 Å². The van der Waals surface area contributed by atoms with Gasteiger partial charge in [-0.2, -0.15) is 0 Å². The van der Waals surface area contributed by atoms with Crippen molar-refractivity contribution in [2.75, 3.05) is 5.73 Å². The Kier molecular flexibility index (Phi) is 3.75. The van der Waals surface area contributed by atoms with Crippen molar-refractivity contribution in [2.24, 2.45) is 0 Å². The summed E-state index contributed by atoms with van der Waals surface area (Å²) < 4.78 is 1.96. The molecule has 0 saturated carbocycles. The summed E-state index contributed by atoms with van der Waals surface area (Å²) in [7, 11) is 0. The first-order valence-corrected chi connectivity index (χ1v) is 6.05. The van der Waals surface area contributed by atoms with Crippen molar-refractivity contribution >= 4 is 5.69 Å². The molecule has 1 heterocycles. The molecule has 1 aromatic heterocycles. The van der Waals surface area contributed by atoms with Crippen LogP contribution >= 0.6 is 0 Å². The van der Waals surface area contributed by atoms with Gasteiger partial charge in [0.15, 0.2) is 0 Å². The van der Waals surface area contributed by atoms with Crippen molar-refractivity contribution in [3.63, 3.8) is 0 Å². The topological polar surface area (TPSA) is 56.7 Å². The molecule has 4 nitrogen and oxygen atoms in total. The Morgan fingerprint density at radius 3 is 2.65 bits per heavy atom. The Hall–Kier alpha value is -1.84. The van der Waals surface area contributed by atoms with Crippen LogP contribution in [0.15, 0.2) is 30.5 Å². The zero-order valence-corrected chi connectivity index (χ0v) is 10.1. The molecule has 0 spiro atoms. The molecule has 0 aliphatic heterocycles. The van der Waals surface area contributed by atoms with E-state index >= 15 is 0 Å². The summed E-state index contributed by atoms with van der Waals surface area (Å²) in [6.45, 7) is 3.12. The van der Waals surface area contributed by atoms with Crippen molar-refractivity contribution < 1.29 is 0 Å². The Balaban J connectivity index is 2.15. The Morgan fingerprint density at radius 2 is 1.94 bits per heavy atom. The molecule has 0 saturated heterocycles. The molecule has 0 aliphatic rings. The number of aryl methyl sites for hydroxylation is 1. The van der Waals surface area contributed by atoms with Gasteiger partial charge in [-0.1, -0.05) is 37.1 Å². The van der Waals surface area contributed by atoms with E-state index in [-0.39, 0.29) is 0 Å². The molecule has 90 valence electrons. The molecule has 17 heavy (non-hydrogen) atoms. The molecule has 2 rings (SSSR count). The van der Waals surface area contributed by atoms with Gasteiger partial charge in [0.1, 0.15) is 0 Å². The van der Waals surface area contributed by atoms with E-state index in [9.17, 15) is 0 Å². The lowest BCUT2D eigenvalue weighted by atomic mass is 10.1. The first kappa shape index (κ1) is 11.6. The number of nitrogens with two attached hydrogens (primary N) is 1. The smallest absolute Gasteiger partial charge is 0.0885 e. The van der Waals surface area contributed by atoms with Gasteiger partial charge in [-0.25, -0.2) is 4.68 Å². The Morgan fingerprint density at radius 1 is 1.18 bits per heavy atom. The maximum absolute atomic E-state index is 5.68. The van der Waals surface area contributed by atoms with Gasteiger partial charge in [-0.3, -0.25) is 0 Å². The van der Waals surface area contributed by atoms with Crippen LogP contribution in [0.2, 0.25) is 0 Å². The first-order chi connectivity index (χ1) is 8.31. The molecular formula is C13H18N4. The third kappa shape index (κ3) is 2.84. The quantitative estimate of drug-likeness (QED) is 0.634. The third-order valence-electron chi connectivity index (χ3n) is 2.80. The lowest BCUT2D eigenvalue weighted by Crippen LogP contribution is -2.02. The highest BCUT2D eigenvalue weighted by Gasteiger charge is 2.05. The highest BCUT2D eigenvalue weighted by atomic mass is 15.4. The fourth-order valence-electron chi connectivity index (χ4n) is 1.81. The second-order valence-corrected chi connectivity index (χ2v) is 4.17. The van der Waals surface area contributed by atoms with Gasteiger partial charge in [-0.05, 0) is 18.6 Å². The second-order valence-electron chi connectivity index (χ2n) is 4.17. The minimum absolute atomic E-state index is 0.777. The van der Waals surface area contributed by atoms with Gasteiger partial charge in [-0.15, -0.1) is 5.10 Å². The molecular weight excluding hydrogens is 212 g/mol. The number of unbranched alkanes of at least 4 members (excludes halogenated alkanes) is 2. The fraction of sp³-hybridized carbons (Fsp3) is 0.385. The van der Waals surface area contributed by atoms with Gasteiger partial charge in [0.05, 0.1) is 11.9 Å². The van der Waals surface area contributed by atoms with E-state index in [1.54, 1.807) is 6.20 Å². The molecule has 0 unspecified atom stereocenters. The molecule has 0 amide bonds. The predicted octanol–water partition coefficient (Wildman–Crippen LogP) is 2.72. The Labute approximate surface area is 101 Å². The summed E-state index contributed by atoms with van der Waals surface area (Å²) in [5, 5.41) is 8.10. The lowest BCUT2D eigenvalue weighted by molar-refractivity contribution is 0.541.